The second-order valence-electron chi connectivity index (χ2n) is 7.14. The Kier molecular flexibility index (Phi) is 5.94. The van der Waals surface area contributed by atoms with Gasteiger partial charge >= 0.3 is 5.97 Å². The number of aryl methyl sites for hydroxylation is 1. The van der Waals surface area contributed by atoms with Gasteiger partial charge in [0.25, 0.3) is 0 Å². The Bertz CT molecular complexity index is 1360. The molecule has 0 bridgehead atoms. The summed E-state index contributed by atoms with van der Waals surface area (Å²) in [5, 5.41) is 16.6. The fourth-order valence-electron chi connectivity index (χ4n) is 3.44. The number of nitrogens with zero attached hydrogens (tertiary/aromatic N) is 3. The van der Waals surface area contributed by atoms with E-state index in [1.807, 2.05) is 0 Å². The van der Waals surface area contributed by atoms with Crippen LogP contribution < -0.4 is 5.32 Å². The maximum absolute atomic E-state index is 15.1. The summed E-state index contributed by atoms with van der Waals surface area (Å²) in [6.45, 7) is 1.65. The SMILES string of the molecule is Cc1c(Sc2cccc(C(=O)O)c2)c2ccc(Cl)c(F)c2n1CC(=O)Nc1cnn(C)c1. The van der Waals surface area contributed by atoms with Gasteiger partial charge in [-0.25, -0.2) is 9.18 Å². The zero-order valence-electron chi connectivity index (χ0n) is 17.1. The lowest BCUT2D eigenvalue weighted by Crippen LogP contribution is -2.19. The first-order valence-corrected chi connectivity index (χ1v) is 10.7. The van der Waals surface area contributed by atoms with E-state index in [1.54, 1.807) is 53.7 Å². The highest BCUT2D eigenvalue weighted by atomic mass is 35.5. The molecule has 0 atom stereocenters. The van der Waals surface area contributed by atoms with Crippen molar-refractivity contribution in [2.75, 3.05) is 5.32 Å². The lowest BCUT2D eigenvalue weighted by molar-refractivity contribution is -0.116. The second-order valence-corrected chi connectivity index (χ2v) is 8.64. The molecule has 0 saturated carbocycles. The molecule has 0 aliphatic rings. The molecular formula is C22H18ClFN4O3S. The van der Waals surface area contributed by atoms with Gasteiger partial charge in [-0.2, -0.15) is 5.10 Å². The van der Waals surface area contributed by atoms with Gasteiger partial charge in [-0.15, -0.1) is 0 Å². The molecule has 2 N–H and O–H groups in total. The van der Waals surface area contributed by atoms with Crippen LogP contribution >= 0.6 is 23.4 Å². The van der Waals surface area contributed by atoms with Crippen molar-refractivity contribution in [3.8, 4) is 0 Å². The predicted octanol–water partition coefficient (Wildman–Crippen LogP) is 4.96. The molecule has 4 aromatic rings. The zero-order valence-corrected chi connectivity index (χ0v) is 18.7. The Hall–Kier alpha value is -3.30. The van der Waals surface area contributed by atoms with Gasteiger partial charge in [0, 0.05) is 34.1 Å². The number of hydrogen-bond donors (Lipinski definition) is 2. The van der Waals surface area contributed by atoms with Crippen molar-refractivity contribution >= 4 is 51.8 Å². The van der Waals surface area contributed by atoms with Gasteiger partial charge in [-0.1, -0.05) is 29.4 Å². The van der Waals surface area contributed by atoms with E-state index in [9.17, 15) is 14.7 Å². The van der Waals surface area contributed by atoms with Crippen molar-refractivity contribution in [2.45, 2.75) is 23.3 Å². The van der Waals surface area contributed by atoms with Crippen molar-refractivity contribution in [1.82, 2.24) is 14.3 Å². The molecule has 0 fully saturated rings. The number of nitrogens with one attached hydrogen (secondary N) is 1. The van der Waals surface area contributed by atoms with E-state index in [0.717, 1.165) is 0 Å². The number of rotatable bonds is 6. The lowest BCUT2D eigenvalue weighted by atomic mass is 10.2. The summed E-state index contributed by atoms with van der Waals surface area (Å²) in [5.41, 5.74) is 1.56. The summed E-state index contributed by atoms with van der Waals surface area (Å²) in [4.78, 5) is 25.4. The number of carbonyl (C=O) groups is 2. The quantitative estimate of drug-likeness (QED) is 0.414. The molecule has 1 amide bonds. The summed E-state index contributed by atoms with van der Waals surface area (Å²) in [7, 11) is 1.74. The second kappa shape index (κ2) is 8.68. The Morgan fingerprint density at radius 3 is 2.75 bits per heavy atom. The fraction of sp³-hybridized carbons (Fsp3) is 0.136. The fourth-order valence-corrected chi connectivity index (χ4v) is 4.69. The number of carboxylic acids is 1. The number of carbonyl (C=O) groups excluding carboxylic acids is 1. The molecule has 4 rings (SSSR count). The van der Waals surface area contributed by atoms with Crippen LogP contribution in [-0.2, 0) is 18.4 Å². The van der Waals surface area contributed by atoms with Crippen molar-refractivity contribution < 1.29 is 19.1 Å². The van der Waals surface area contributed by atoms with Crippen LogP contribution in [0.2, 0.25) is 5.02 Å². The van der Waals surface area contributed by atoms with E-state index < -0.39 is 11.8 Å². The summed E-state index contributed by atoms with van der Waals surface area (Å²) in [6.07, 6.45) is 3.18. The van der Waals surface area contributed by atoms with E-state index in [2.05, 4.69) is 10.4 Å². The summed E-state index contributed by atoms with van der Waals surface area (Å²) >= 11 is 7.34. The molecule has 2 heterocycles. The molecule has 0 saturated heterocycles. The highest BCUT2D eigenvalue weighted by Gasteiger charge is 2.22. The highest BCUT2D eigenvalue weighted by molar-refractivity contribution is 7.99. The number of amides is 1. The van der Waals surface area contributed by atoms with Crippen LogP contribution in [0.1, 0.15) is 16.1 Å². The van der Waals surface area contributed by atoms with Crippen LogP contribution in [0.3, 0.4) is 0 Å². The van der Waals surface area contributed by atoms with Crippen LogP contribution in [0.4, 0.5) is 10.1 Å². The molecule has 0 aliphatic carbocycles. The first-order chi connectivity index (χ1) is 15.2. The topological polar surface area (TPSA) is 89.2 Å². The van der Waals surface area contributed by atoms with Crippen LogP contribution in [0, 0.1) is 12.7 Å². The third-order valence-electron chi connectivity index (χ3n) is 4.91. The average Bonchev–Trinajstić information content (AvgIpc) is 3.27. The molecule has 2 aromatic carbocycles. The standard InChI is InChI=1S/C22H18ClFN4O3S/c1-12-21(32-15-5-3-4-13(8-15)22(30)31)16-6-7-17(23)19(24)20(16)28(12)11-18(29)26-14-9-25-27(2)10-14/h3-10H,11H2,1-2H3,(H,26,29)(H,30,31). The Morgan fingerprint density at radius 1 is 1.28 bits per heavy atom. The van der Waals surface area contributed by atoms with Crippen LogP contribution in [0.5, 0.6) is 0 Å². The van der Waals surface area contributed by atoms with Crippen LogP contribution in [0.15, 0.2) is 58.6 Å². The lowest BCUT2D eigenvalue weighted by Gasteiger charge is -2.09. The Labute approximate surface area is 191 Å². The van der Waals surface area contributed by atoms with Crippen molar-refractivity contribution in [3.05, 3.63) is 70.9 Å². The molecule has 0 radical (unpaired) electrons. The van der Waals surface area contributed by atoms with Gasteiger partial charge < -0.3 is 15.0 Å². The number of benzene rings is 2. The van der Waals surface area contributed by atoms with Gasteiger partial charge in [0.05, 0.1) is 28.0 Å². The number of halogens is 2. The first-order valence-electron chi connectivity index (χ1n) is 9.51. The Balaban J connectivity index is 1.75. The van der Waals surface area contributed by atoms with Gasteiger partial charge in [-0.05, 0) is 37.3 Å². The van der Waals surface area contributed by atoms with E-state index >= 15 is 4.39 Å². The molecule has 2 aromatic heterocycles. The van der Waals surface area contributed by atoms with Crippen LogP contribution in [0.25, 0.3) is 10.9 Å². The van der Waals surface area contributed by atoms with Gasteiger partial charge in [0.2, 0.25) is 5.91 Å². The molecule has 164 valence electrons. The number of fused-ring (bicyclic) bond motifs is 1. The average molecular weight is 473 g/mol. The van der Waals surface area contributed by atoms with Crippen molar-refractivity contribution in [1.29, 1.82) is 0 Å². The number of hydrogen-bond acceptors (Lipinski definition) is 4. The van der Waals surface area contributed by atoms with E-state index in [1.165, 1.54) is 30.1 Å². The number of aromatic carboxylic acids is 1. The summed E-state index contributed by atoms with van der Waals surface area (Å²) in [6, 6.07) is 9.66. The highest BCUT2D eigenvalue weighted by Crippen LogP contribution is 2.40. The maximum atomic E-state index is 15.1. The molecule has 10 heteroatoms. The van der Waals surface area contributed by atoms with Crippen molar-refractivity contribution in [3.63, 3.8) is 0 Å². The Morgan fingerprint density at radius 2 is 2.06 bits per heavy atom. The van der Waals surface area contributed by atoms with E-state index in [4.69, 9.17) is 11.6 Å². The van der Waals surface area contributed by atoms with E-state index in [-0.39, 0.29) is 28.6 Å². The monoisotopic (exact) mass is 472 g/mol. The van der Waals surface area contributed by atoms with Gasteiger partial charge in [0.15, 0.2) is 5.82 Å². The summed E-state index contributed by atoms with van der Waals surface area (Å²) < 4.78 is 18.2. The smallest absolute Gasteiger partial charge is 0.335 e. The van der Waals surface area contributed by atoms with Crippen LogP contribution in [-0.4, -0.2) is 31.3 Å². The minimum Gasteiger partial charge on any atom is -0.478 e. The molecule has 0 aliphatic heterocycles. The minimum atomic E-state index is -1.03. The number of aromatic nitrogens is 3. The maximum Gasteiger partial charge on any atom is 0.335 e. The number of anilines is 1. The molecule has 0 unspecified atom stereocenters. The third-order valence-corrected chi connectivity index (χ3v) is 6.41. The number of carboxylic acid groups (broad SMARTS) is 1. The molecule has 7 nitrogen and oxygen atoms in total. The largest absolute Gasteiger partial charge is 0.478 e. The molecule has 0 spiro atoms. The first kappa shape index (κ1) is 21.9. The van der Waals surface area contributed by atoms with E-state index in [0.29, 0.717) is 26.6 Å². The van der Waals surface area contributed by atoms with Gasteiger partial charge in [0.1, 0.15) is 6.54 Å². The van der Waals surface area contributed by atoms with Crippen molar-refractivity contribution in [2.24, 2.45) is 7.05 Å². The summed E-state index contributed by atoms with van der Waals surface area (Å²) in [5.74, 6) is -1.99. The van der Waals surface area contributed by atoms with Gasteiger partial charge in [-0.3, -0.25) is 9.48 Å². The molecule has 32 heavy (non-hydrogen) atoms. The normalized spacial score (nSPS) is 11.1. The minimum absolute atomic E-state index is 0.0478. The zero-order chi connectivity index (χ0) is 23.0. The molecular weight excluding hydrogens is 455 g/mol. The predicted molar refractivity (Wildman–Crippen MR) is 121 cm³/mol. The third kappa shape index (κ3) is 4.21.